The van der Waals surface area contributed by atoms with Gasteiger partial charge < -0.3 is 15.4 Å². The molecule has 0 aromatic heterocycles. The van der Waals surface area contributed by atoms with Crippen molar-refractivity contribution in [2.24, 2.45) is 0 Å². The Kier molecular flexibility index (Phi) is 4.76. The number of nitrogens with one attached hydrogen (secondary N) is 2. The van der Waals surface area contributed by atoms with Gasteiger partial charge in [0, 0.05) is 18.1 Å². The van der Waals surface area contributed by atoms with Crippen LogP contribution in [0.3, 0.4) is 0 Å². The third kappa shape index (κ3) is 4.46. The average molecular weight is 288 g/mol. The van der Waals surface area contributed by atoms with E-state index in [9.17, 15) is 4.79 Å². The highest BCUT2D eigenvalue weighted by Crippen LogP contribution is 2.25. The van der Waals surface area contributed by atoms with E-state index in [-0.39, 0.29) is 12.1 Å². The Morgan fingerprint density at radius 1 is 1.05 bits per heavy atom. The van der Waals surface area contributed by atoms with E-state index in [1.165, 1.54) is 25.7 Å². The van der Waals surface area contributed by atoms with Crippen LogP contribution in [0.2, 0.25) is 0 Å². The standard InChI is InChI=1S/C17H24N2O2/c20-17(21-12-13-6-2-1-3-7-13)19-16-9-5-4-8-15(16)18-14-10-11-14/h1-3,6-7,14-16,18H,4-5,8-12H2,(H,19,20)/t15-,16+/m0/s1. The van der Waals surface area contributed by atoms with Gasteiger partial charge in [-0.25, -0.2) is 4.79 Å². The van der Waals surface area contributed by atoms with Crippen LogP contribution in [0, 0.1) is 0 Å². The van der Waals surface area contributed by atoms with E-state index < -0.39 is 0 Å². The van der Waals surface area contributed by atoms with Crippen LogP contribution in [0.15, 0.2) is 30.3 Å². The van der Waals surface area contributed by atoms with Crippen LogP contribution in [0.1, 0.15) is 44.1 Å². The Bertz CT molecular complexity index is 459. The second-order valence-corrected chi connectivity index (χ2v) is 6.14. The van der Waals surface area contributed by atoms with Crippen molar-refractivity contribution in [3.8, 4) is 0 Å². The van der Waals surface area contributed by atoms with Crippen molar-refractivity contribution in [2.45, 2.75) is 63.3 Å². The number of hydrogen-bond acceptors (Lipinski definition) is 3. The minimum atomic E-state index is -0.298. The third-order valence-electron chi connectivity index (χ3n) is 4.31. The minimum absolute atomic E-state index is 0.211. The lowest BCUT2D eigenvalue weighted by Gasteiger charge is -2.32. The van der Waals surface area contributed by atoms with Crippen LogP contribution in [0.4, 0.5) is 4.79 Å². The van der Waals surface area contributed by atoms with E-state index in [1.807, 2.05) is 30.3 Å². The molecule has 0 unspecified atom stereocenters. The molecule has 2 aliphatic carbocycles. The van der Waals surface area contributed by atoms with Gasteiger partial charge in [0.1, 0.15) is 6.61 Å². The monoisotopic (exact) mass is 288 g/mol. The number of benzene rings is 1. The first-order valence-corrected chi connectivity index (χ1v) is 8.04. The molecular formula is C17H24N2O2. The van der Waals surface area contributed by atoms with Crippen molar-refractivity contribution in [2.75, 3.05) is 0 Å². The molecule has 0 saturated heterocycles. The number of hydrogen-bond donors (Lipinski definition) is 2. The van der Waals surface area contributed by atoms with Gasteiger partial charge >= 0.3 is 6.09 Å². The highest BCUT2D eigenvalue weighted by molar-refractivity contribution is 5.67. The Balaban J connectivity index is 1.45. The van der Waals surface area contributed by atoms with Crippen molar-refractivity contribution < 1.29 is 9.53 Å². The topological polar surface area (TPSA) is 50.4 Å². The van der Waals surface area contributed by atoms with Gasteiger partial charge in [0.2, 0.25) is 0 Å². The second kappa shape index (κ2) is 6.94. The molecule has 1 aromatic rings. The van der Waals surface area contributed by atoms with E-state index in [2.05, 4.69) is 10.6 Å². The molecule has 1 aromatic carbocycles. The molecule has 21 heavy (non-hydrogen) atoms. The van der Waals surface area contributed by atoms with Gasteiger partial charge in [0.15, 0.2) is 0 Å². The summed E-state index contributed by atoms with van der Waals surface area (Å²) in [6, 6.07) is 11.1. The highest BCUT2D eigenvalue weighted by Gasteiger charge is 2.31. The van der Waals surface area contributed by atoms with Crippen molar-refractivity contribution >= 4 is 6.09 Å². The van der Waals surface area contributed by atoms with E-state index in [0.717, 1.165) is 18.4 Å². The minimum Gasteiger partial charge on any atom is -0.445 e. The molecule has 0 aliphatic heterocycles. The summed E-state index contributed by atoms with van der Waals surface area (Å²) in [6.45, 7) is 0.333. The zero-order chi connectivity index (χ0) is 14.5. The highest BCUT2D eigenvalue weighted by atomic mass is 16.5. The third-order valence-corrected chi connectivity index (χ3v) is 4.31. The first kappa shape index (κ1) is 14.4. The molecular weight excluding hydrogens is 264 g/mol. The molecule has 0 spiro atoms. The van der Waals surface area contributed by atoms with Crippen molar-refractivity contribution in [3.63, 3.8) is 0 Å². The molecule has 2 saturated carbocycles. The van der Waals surface area contributed by atoms with Gasteiger partial charge in [-0.15, -0.1) is 0 Å². The van der Waals surface area contributed by atoms with Gasteiger partial charge in [-0.1, -0.05) is 43.2 Å². The lowest BCUT2D eigenvalue weighted by Crippen LogP contribution is -2.52. The van der Waals surface area contributed by atoms with Crippen LogP contribution in [-0.2, 0) is 11.3 Å². The smallest absolute Gasteiger partial charge is 0.407 e. The number of amides is 1. The molecule has 0 heterocycles. The molecule has 2 N–H and O–H groups in total. The van der Waals surface area contributed by atoms with Gasteiger partial charge in [0.25, 0.3) is 0 Å². The van der Waals surface area contributed by atoms with Gasteiger partial charge in [0.05, 0.1) is 0 Å². The lowest BCUT2D eigenvalue weighted by molar-refractivity contribution is 0.129. The summed E-state index contributed by atoms with van der Waals surface area (Å²) in [7, 11) is 0. The molecule has 3 rings (SSSR count). The zero-order valence-corrected chi connectivity index (χ0v) is 12.4. The maximum absolute atomic E-state index is 12.0. The van der Waals surface area contributed by atoms with E-state index in [0.29, 0.717) is 18.7 Å². The van der Waals surface area contributed by atoms with E-state index in [4.69, 9.17) is 4.74 Å². The molecule has 2 aliphatic rings. The number of alkyl carbamates (subject to hydrolysis) is 1. The molecule has 114 valence electrons. The Hall–Kier alpha value is -1.55. The van der Waals surface area contributed by atoms with Crippen molar-refractivity contribution in [3.05, 3.63) is 35.9 Å². The fourth-order valence-corrected chi connectivity index (χ4v) is 2.97. The van der Waals surface area contributed by atoms with Crippen molar-refractivity contribution in [1.29, 1.82) is 0 Å². The zero-order valence-electron chi connectivity index (χ0n) is 12.4. The van der Waals surface area contributed by atoms with Gasteiger partial charge in [-0.2, -0.15) is 0 Å². The van der Waals surface area contributed by atoms with Gasteiger partial charge in [-0.3, -0.25) is 0 Å². The summed E-state index contributed by atoms with van der Waals surface area (Å²) in [4.78, 5) is 12.0. The first-order valence-electron chi connectivity index (χ1n) is 8.04. The molecule has 2 atom stereocenters. The van der Waals surface area contributed by atoms with Crippen LogP contribution in [0.25, 0.3) is 0 Å². The molecule has 0 bridgehead atoms. The summed E-state index contributed by atoms with van der Waals surface area (Å²) < 4.78 is 5.32. The predicted molar refractivity (Wildman–Crippen MR) is 82.0 cm³/mol. The first-order chi connectivity index (χ1) is 10.3. The molecule has 1 amide bonds. The Labute approximate surface area is 126 Å². The fraction of sp³-hybridized carbons (Fsp3) is 0.588. The Morgan fingerprint density at radius 3 is 2.48 bits per heavy atom. The average Bonchev–Trinajstić information content (AvgIpc) is 3.32. The maximum atomic E-state index is 12.0. The molecule has 0 radical (unpaired) electrons. The number of rotatable bonds is 5. The number of carbonyl (C=O) groups excluding carboxylic acids is 1. The van der Waals surface area contributed by atoms with Crippen LogP contribution < -0.4 is 10.6 Å². The predicted octanol–water partition coefficient (Wildman–Crippen LogP) is 2.98. The van der Waals surface area contributed by atoms with E-state index >= 15 is 0 Å². The molecule has 4 nitrogen and oxygen atoms in total. The maximum Gasteiger partial charge on any atom is 0.407 e. The molecule has 4 heteroatoms. The van der Waals surface area contributed by atoms with Crippen molar-refractivity contribution in [1.82, 2.24) is 10.6 Å². The van der Waals surface area contributed by atoms with Crippen LogP contribution in [-0.4, -0.2) is 24.2 Å². The second-order valence-electron chi connectivity index (χ2n) is 6.14. The fourth-order valence-electron chi connectivity index (χ4n) is 2.97. The number of ether oxygens (including phenoxy) is 1. The van der Waals surface area contributed by atoms with E-state index in [1.54, 1.807) is 0 Å². The normalized spacial score (nSPS) is 25.3. The quantitative estimate of drug-likeness (QED) is 0.876. The largest absolute Gasteiger partial charge is 0.445 e. The summed E-state index contributed by atoms with van der Waals surface area (Å²) in [5.41, 5.74) is 1.02. The summed E-state index contributed by atoms with van der Waals surface area (Å²) in [6.07, 6.45) is 6.90. The molecule has 2 fully saturated rings. The lowest BCUT2D eigenvalue weighted by atomic mass is 9.90. The summed E-state index contributed by atoms with van der Waals surface area (Å²) >= 11 is 0. The van der Waals surface area contributed by atoms with Gasteiger partial charge in [-0.05, 0) is 31.2 Å². The van der Waals surface area contributed by atoms with Crippen LogP contribution >= 0.6 is 0 Å². The number of carbonyl (C=O) groups is 1. The SMILES string of the molecule is O=C(N[C@@H]1CCCC[C@@H]1NC1CC1)OCc1ccccc1. The summed E-state index contributed by atoms with van der Waals surface area (Å²) in [5.74, 6) is 0. The summed E-state index contributed by atoms with van der Waals surface area (Å²) in [5, 5.41) is 6.70. The van der Waals surface area contributed by atoms with Crippen LogP contribution in [0.5, 0.6) is 0 Å². The Morgan fingerprint density at radius 2 is 1.76 bits per heavy atom.